The number of ether oxygens (including phenoxy) is 2. The number of fused-ring (bicyclic) bond motifs is 5. The zero-order valence-corrected chi connectivity index (χ0v) is 38.1. The van der Waals surface area contributed by atoms with Gasteiger partial charge in [-0.15, -0.1) is 0 Å². The van der Waals surface area contributed by atoms with Gasteiger partial charge in [-0.2, -0.15) is 0 Å². The van der Waals surface area contributed by atoms with Crippen LogP contribution < -0.4 is 10.6 Å². The maximum atomic E-state index is 13.4. The molecule has 2 aliphatic carbocycles. The highest BCUT2D eigenvalue weighted by Crippen LogP contribution is 2.55. The molecular weight excluding hydrogens is 785 g/mol. The predicted octanol–water partition coefficient (Wildman–Crippen LogP) is 7.35. The van der Waals surface area contributed by atoms with E-state index in [0.29, 0.717) is 37.0 Å². The van der Waals surface area contributed by atoms with E-state index in [4.69, 9.17) is 14.8 Å². The number of amides is 2. The molecule has 2 bridgehead atoms. The summed E-state index contributed by atoms with van der Waals surface area (Å²) in [5.74, 6) is 3.29. The van der Waals surface area contributed by atoms with Gasteiger partial charge in [0, 0.05) is 38.2 Å². The van der Waals surface area contributed by atoms with Gasteiger partial charge >= 0.3 is 0 Å². The first-order valence-corrected chi connectivity index (χ1v) is 21.8. The minimum atomic E-state index is -0.181. The topological polar surface area (TPSA) is 175 Å². The Morgan fingerprint density at radius 2 is 1.37 bits per heavy atom. The minimum Gasteiger partial charge on any atom is -0.471 e. The molecule has 4 aromatic rings. The predicted molar refractivity (Wildman–Crippen MR) is 244 cm³/mol. The van der Waals surface area contributed by atoms with Crippen molar-refractivity contribution in [3.8, 4) is 33.6 Å². The lowest BCUT2D eigenvalue weighted by Crippen LogP contribution is -2.47. The second-order valence-electron chi connectivity index (χ2n) is 16.2. The quantitative estimate of drug-likeness (QED) is 0.0641. The highest BCUT2D eigenvalue weighted by Gasteiger charge is 2.38. The van der Waals surface area contributed by atoms with Crippen molar-refractivity contribution in [3.05, 3.63) is 83.7 Å². The van der Waals surface area contributed by atoms with E-state index in [0.717, 1.165) is 67.4 Å². The monoisotopic (exact) mass is 853 g/mol. The molecule has 336 valence electrons. The summed E-state index contributed by atoms with van der Waals surface area (Å²) in [6.45, 7) is 10.8. The molecule has 5 unspecified atom stereocenters. The van der Waals surface area contributed by atoms with Crippen LogP contribution in [0.2, 0.25) is 0 Å². The van der Waals surface area contributed by atoms with Crippen molar-refractivity contribution >= 4 is 25.1 Å². The Hall–Kier alpha value is -5.44. The van der Waals surface area contributed by atoms with Crippen molar-refractivity contribution in [2.45, 2.75) is 96.2 Å². The number of hydrogen-bond acceptors (Lipinski definition) is 10. The van der Waals surface area contributed by atoms with Crippen LogP contribution in [0.25, 0.3) is 33.6 Å². The Bertz CT molecular complexity index is 2030. The largest absolute Gasteiger partial charge is 0.471 e. The van der Waals surface area contributed by atoms with Crippen LogP contribution in [0.4, 0.5) is 0 Å². The molecule has 2 saturated heterocycles. The highest BCUT2D eigenvalue weighted by molar-refractivity contribution is 5.83. The number of aromatic nitrogens is 4. The van der Waals surface area contributed by atoms with Gasteiger partial charge in [-0.25, -0.2) is 9.97 Å². The molecule has 2 aromatic heterocycles. The average Bonchev–Trinajstić information content (AvgIpc) is 4.14. The first kappa shape index (κ1) is 49.2. The number of carbonyl (C=O) groups excluding carboxylic acids is 4. The first-order valence-electron chi connectivity index (χ1n) is 21.8. The summed E-state index contributed by atoms with van der Waals surface area (Å²) in [4.78, 5) is 62.3. The molecule has 4 N–H and O–H groups in total. The average molecular weight is 853 g/mol. The van der Waals surface area contributed by atoms with Gasteiger partial charge < -0.3 is 39.8 Å². The summed E-state index contributed by atoms with van der Waals surface area (Å²) >= 11 is 0. The second kappa shape index (κ2) is 24.9. The van der Waals surface area contributed by atoms with Crippen LogP contribution in [0.15, 0.2) is 60.9 Å². The lowest BCUT2D eigenvalue weighted by atomic mass is 9.85. The van der Waals surface area contributed by atoms with Crippen LogP contribution in [0, 0.1) is 5.92 Å². The zero-order valence-electron chi connectivity index (χ0n) is 38.1. The van der Waals surface area contributed by atoms with Gasteiger partial charge in [0.15, 0.2) is 0 Å². The molecule has 8 rings (SSSR count). The molecule has 4 heterocycles. The lowest BCUT2D eigenvalue weighted by molar-refractivity contribution is -0.135. The normalized spacial score (nSPS) is 19.7. The molecule has 62 heavy (non-hydrogen) atoms. The Morgan fingerprint density at radius 3 is 1.90 bits per heavy atom. The summed E-state index contributed by atoms with van der Waals surface area (Å²) < 4.78 is 8.11. The molecule has 14 heteroatoms. The number of benzene rings is 2. The van der Waals surface area contributed by atoms with Crippen molar-refractivity contribution < 1.29 is 28.7 Å². The van der Waals surface area contributed by atoms with E-state index in [1.54, 1.807) is 14.2 Å². The van der Waals surface area contributed by atoms with E-state index in [2.05, 4.69) is 118 Å². The Morgan fingerprint density at radius 1 is 0.839 bits per heavy atom. The fourth-order valence-corrected chi connectivity index (χ4v) is 8.76. The Labute approximate surface area is 367 Å². The number of likely N-dealkylation sites (N-methyl/N-ethyl adjacent to an activating group) is 1. The van der Waals surface area contributed by atoms with Crippen molar-refractivity contribution in [3.63, 3.8) is 0 Å². The number of imidazole rings is 2. The van der Waals surface area contributed by atoms with E-state index in [9.17, 15) is 14.4 Å². The number of likely N-dealkylation sites (tertiary alicyclic amines) is 2. The minimum absolute atomic E-state index is 0.00951. The summed E-state index contributed by atoms with van der Waals surface area (Å²) in [5.41, 5.74) is 10.0. The van der Waals surface area contributed by atoms with Crippen LogP contribution in [0.3, 0.4) is 0 Å². The standard InChI is InChI=1S/C38H45N7O.C3H5NO2.C3H8.C2H4O2.C2H6O/c1-22(2)35(39-3)38(46)45-18-6-8-32(45)37-40-20-29(42-37)24-11-9-23(10-12-24)27-15-16-28(34-26-14-13-25(19-26)33(27)34)30-21-41-36(43-30)31-7-5-17-44(31)4;5-2-1-4-3-6;1-3-2;1-4-2-3;1-3-2/h9-16,20-22,25-26,31-32,35,39H,5-8,17-19H2,1-4H3,(H,40,42)(H,41,43);2-3H,1H2,(H,4,6);3H2,1-2H3;2H,1H3;1-2H3. The third kappa shape index (κ3) is 11.9. The van der Waals surface area contributed by atoms with Crippen molar-refractivity contribution in [2.75, 3.05) is 55.1 Å². The molecule has 14 nitrogen and oxygen atoms in total. The smallest absolute Gasteiger partial charge is 0.292 e. The molecule has 2 amide bonds. The van der Waals surface area contributed by atoms with Crippen LogP contribution in [-0.4, -0.2) is 116 Å². The fraction of sp³-hybridized carbons (Fsp3) is 0.500. The molecule has 2 aromatic carbocycles. The number of carbonyl (C=O) groups is 4. The number of H-pyrrole nitrogens is 2. The number of methoxy groups -OCH3 is 2. The van der Waals surface area contributed by atoms with Crippen LogP contribution >= 0.6 is 0 Å². The van der Waals surface area contributed by atoms with E-state index < -0.39 is 0 Å². The first-order chi connectivity index (χ1) is 30.1. The van der Waals surface area contributed by atoms with Crippen molar-refractivity contribution in [1.82, 2.24) is 40.4 Å². The summed E-state index contributed by atoms with van der Waals surface area (Å²) in [6.07, 6.45) is 16.6. The Balaban J connectivity index is 0.000000458. The zero-order chi connectivity index (χ0) is 45.2. The van der Waals surface area contributed by atoms with Crippen LogP contribution in [0.5, 0.6) is 0 Å². The van der Waals surface area contributed by atoms with Gasteiger partial charge in [0.2, 0.25) is 12.3 Å². The maximum Gasteiger partial charge on any atom is 0.292 e. The Kier molecular flexibility index (Phi) is 19.7. The lowest BCUT2D eigenvalue weighted by Gasteiger charge is -2.29. The van der Waals surface area contributed by atoms with Gasteiger partial charge in [0.05, 0.1) is 55.6 Å². The number of hydrogen-bond donors (Lipinski definition) is 4. The van der Waals surface area contributed by atoms with Gasteiger partial charge in [-0.3, -0.25) is 19.3 Å². The summed E-state index contributed by atoms with van der Waals surface area (Å²) in [5, 5.41) is 5.37. The maximum absolute atomic E-state index is 13.4. The molecule has 2 fully saturated rings. The van der Waals surface area contributed by atoms with Crippen molar-refractivity contribution in [1.29, 1.82) is 0 Å². The third-order valence-electron chi connectivity index (χ3n) is 11.4. The van der Waals surface area contributed by atoms with E-state index in [1.807, 2.05) is 24.3 Å². The number of aromatic amines is 2. The fourth-order valence-electron chi connectivity index (χ4n) is 8.76. The summed E-state index contributed by atoms with van der Waals surface area (Å²) in [6, 6.07) is 13.7. The van der Waals surface area contributed by atoms with Crippen LogP contribution in [0.1, 0.15) is 113 Å². The molecule has 4 aliphatic rings. The molecule has 0 spiro atoms. The van der Waals surface area contributed by atoms with Crippen LogP contribution in [-0.2, 0) is 28.7 Å². The molecular formula is C48H68N8O6. The SMILES string of the molecule is CCC.CNC(C(=O)N1CCCC1c1ncc(-c2ccc(-c3ccc(-c4cnc(C5CCCN5C)[nH]4)c4c3C3C=CC4C3)cc2)[nH]1)C(C)C.COC.COC=O.O=CCNC=O. The third-order valence-corrected chi connectivity index (χ3v) is 11.4. The summed E-state index contributed by atoms with van der Waals surface area (Å²) in [7, 11) is 8.63. The van der Waals surface area contributed by atoms with E-state index >= 15 is 0 Å². The van der Waals surface area contributed by atoms with E-state index in [1.165, 1.54) is 47.8 Å². The number of nitrogens with one attached hydrogen (secondary N) is 4. The number of allylic oxidation sites excluding steroid dienone is 2. The van der Waals surface area contributed by atoms with Crippen molar-refractivity contribution in [2.24, 2.45) is 5.92 Å². The van der Waals surface area contributed by atoms with Gasteiger partial charge in [-0.1, -0.05) is 82.7 Å². The molecule has 2 aliphatic heterocycles. The van der Waals surface area contributed by atoms with Gasteiger partial charge in [0.25, 0.3) is 6.47 Å². The van der Waals surface area contributed by atoms with Gasteiger partial charge in [0.1, 0.15) is 17.9 Å². The number of aldehydes is 1. The molecule has 5 atom stereocenters. The van der Waals surface area contributed by atoms with E-state index in [-0.39, 0.29) is 30.5 Å². The number of nitrogens with zero attached hydrogens (tertiary/aromatic N) is 4. The second-order valence-corrected chi connectivity index (χ2v) is 16.2. The molecule has 0 saturated carbocycles. The number of rotatable bonds is 12. The van der Waals surface area contributed by atoms with Gasteiger partial charge in [-0.05, 0) is 86.5 Å². The molecule has 0 radical (unpaired) electrons. The highest BCUT2D eigenvalue weighted by atomic mass is 16.5.